The van der Waals surface area contributed by atoms with Crippen LogP contribution in [0.1, 0.15) is 0 Å². The van der Waals surface area contributed by atoms with Gasteiger partial charge in [0.05, 0.1) is 6.61 Å². The summed E-state index contributed by atoms with van der Waals surface area (Å²) in [5.74, 6) is 0. The van der Waals surface area contributed by atoms with Gasteiger partial charge in [-0.15, -0.1) is 4.52 Å². The summed E-state index contributed by atoms with van der Waals surface area (Å²) in [4.78, 5) is 0. The third-order valence-electron chi connectivity index (χ3n) is 2.62. The molecule has 0 amide bonds. The maximum absolute atomic E-state index is 11.8. The van der Waals surface area contributed by atoms with Crippen LogP contribution < -0.4 is 5.30 Å². The monoisotopic (exact) mass is 307 g/mol. The molecule has 0 radical (unpaired) electrons. The Kier molecular flexibility index (Phi) is 5.97. The van der Waals surface area contributed by atoms with Crippen molar-refractivity contribution in [2.75, 3.05) is 13.2 Å². The molecule has 6 heteroatoms. The molecule has 0 spiro atoms. The first-order valence-electron chi connectivity index (χ1n) is 6.01. The average molecular weight is 307 g/mol. The first kappa shape index (κ1) is 15.0. The minimum absolute atomic E-state index is 0.144. The highest BCUT2D eigenvalue weighted by molar-refractivity contribution is 7.48. The van der Waals surface area contributed by atoms with E-state index >= 15 is 0 Å². The van der Waals surface area contributed by atoms with Crippen molar-refractivity contribution < 1.29 is 18.2 Å². The predicted octanol–water partition coefficient (Wildman–Crippen LogP) is 3.96. The van der Waals surface area contributed by atoms with Crippen LogP contribution in [0.4, 0.5) is 0 Å². The second kappa shape index (κ2) is 7.98. The highest BCUT2D eigenvalue weighted by Crippen LogP contribution is 2.24. The summed E-state index contributed by atoms with van der Waals surface area (Å²) in [6.45, 7) is 0.291. The van der Waals surface area contributed by atoms with Gasteiger partial charge < -0.3 is 0 Å². The number of hydrogen-bond donors (Lipinski definition) is 0. The van der Waals surface area contributed by atoms with E-state index < -0.39 is 16.7 Å². The molecule has 0 aliphatic rings. The molecule has 0 fully saturated rings. The molecule has 0 aliphatic heterocycles. The van der Waals surface area contributed by atoms with Crippen molar-refractivity contribution in [3.63, 3.8) is 0 Å². The summed E-state index contributed by atoms with van der Waals surface area (Å²) in [6, 6.07) is 17.3. The minimum atomic E-state index is -1.91. The van der Waals surface area contributed by atoms with Crippen LogP contribution in [0.15, 0.2) is 54.6 Å². The Morgan fingerprint density at radius 3 is 2.20 bits per heavy atom. The van der Waals surface area contributed by atoms with Crippen LogP contribution in [-0.2, 0) is 18.2 Å². The van der Waals surface area contributed by atoms with Crippen LogP contribution in [0.2, 0.25) is 0 Å². The summed E-state index contributed by atoms with van der Waals surface area (Å²) in [6.07, 6.45) is 0. The molecule has 20 heavy (non-hydrogen) atoms. The van der Waals surface area contributed by atoms with E-state index in [1.165, 1.54) is 0 Å². The topological polar surface area (TPSA) is 52.6 Å². The third kappa shape index (κ3) is 4.29. The van der Waals surface area contributed by atoms with Crippen molar-refractivity contribution in [3.8, 4) is 11.1 Å². The molecule has 0 N–H and O–H groups in total. The van der Waals surface area contributed by atoms with Crippen molar-refractivity contribution in [1.82, 2.24) is 0 Å². The fourth-order valence-electron chi connectivity index (χ4n) is 1.68. The van der Waals surface area contributed by atoms with Gasteiger partial charge in [-0.1, -0.05) is 30.3 Å². The summed E-state index contributed by atoms with van der Waals surface area (Å²) >= 11 is 0. The highest BCUT2D eigenvalue weighted by atomic mass is 31.1. The first-order valence-corrected chi connectivity index (χ1v) is 7.92. The minimum Gasteiger partial charge on any atom is -0.292 e. The quantitative estimate of drug-likeness (QED) is 0.574. The van der Waals surface area contributed by atoms with Crippen LogP contribution in [0, 0.1) is 0 Å². The smallest absolute Gasteiger partial charge is 0.292 e. The van der Waals surface area contributed by atoms with Gasteiger partial charge in [-0.2, -0.15) is 0 Å². The Labute approximate surface area is 119 Å². The summed E-state index contributed by atoms with van der Waals surface area (Å²) in [5.41, 5.74) is 2.17. The summed E-state index contributed by atoms with van der Waals surface area (Å²) in [5, 5.41) is 0.624. The Hall–Kier alpha value is -1.44. The number of benzene rings is 2. The lowest BCUT2D eigenvalue weighted by Crippen LogP contribution is -2.01. The van der Waals surface area contributed by atoms with Crippen LogP contribution >= 0.6 is 16.7 Å². The zero-order chi connectivity index (χ0) is 14.2. The van der Waals surface area contributed by atoms with Gasteiger partial charge in [0.25, 0.3) is 0 Å². The second-order valence-corrected chi connectivity index (χ2v) is 5.61. The van der Waals surface area contributed by atoms with E-state index in [1.807, 2.05) is 42.5 Å². The van der Waals surface area contributed by atoms with Crippen molar-refractivity contribution >= 4 is 22.0 Å². The van der Waals surface area contributed by atoms with Gasteiger partial charge in [-0.3, -0.25) is 4.52 Å². The maximum atomic E-state index is 11.8. The molecule has 0 bridgehead atoms. The average Bonchev–Trinajstić information content (AvgIpc) is 2.52. The van der Waals surface area contributed by atoms with Gasteiger partial charge in [0.2, 0.25) is 5.30 Å². The molecule has 1 atom stereocenters. The van der Waals surface area contributed by atoms with Gasteiger partial charge in [0.1, 0.15) is 6.61 Å². The molecular weight excluding hydrogens is 294 g/mol. The van der Waals surface area contributed by atoms with Crippen LogP contribution in [0.5, 0.6) is 0 Å². The Balaban J connectivity index is 1.97. The lowest BCUT2D eigenvalue weighted by Gasteiger charge is -1.99. The molecule has 1 unspecified atom stereocenters. The third-order valence-corrected chi connectivity index (χ3v) is 4.05. The Bertz CT molecular complexity index is 569. The normalized spacial score (nSPS) is 11.5. The van der Waals surface area contributed by atoms with Crippen LogP contribution in [-0.4, -0.2) is 13.2 Å². The molecule has 2 aromatic carbocycles. The zero-order valence-electron chi connectivity index (χ0n) is 10.6. The number of hydrogen-bond acceptors (Lipinski definition) is 4. The second-order valence-electron chi connectivity index (χ2n) is 3.91. The van der Waals surface area contributed by atoms with Crippen molar-refractivity contribution in [1.29, 1.82) is 0 Å². The standard InChI is InChI=1S/C14H13O4P2/c15-19-17-10-11-18-20(16)14-8-6-13(7-9-14)12-4-2-1-3-5-12/h1-9H,10-11H2/q+1. The van der Waals surface area contributed by atoms with E-state index in [4.69, 9.17) is 4.52 Å². The highest BCUT2D eigenvalue weighted by Gasteiger charge is 2.21. The lowest BCUT2D eigenvalue weighted by atomic mass is 10.1. The van der Waals surface area contributed by atoms with Gasteiger partial charge in [-0.25, -0.2) is 4.57 Å². The van der Waals surface area contributed by atoms with Crippen LogP contribution in [0.3, 0.4) is 0 Å². The SMILES string of the molecule is O=POCCO[P+](=O)c1ccc(-c2ccccc2)cc1. The van der Waals surface area contributed by atoms with Crippen LogP contribution in [0.25, 0.3) is 11.1 Å². The Morgan fingerprint density at radius 2 is 1.55 bits per heavy atom. The van der Waals surface area contributed by atoms with E-state index in [0.29, 0.717) is 5.30 Å². The van der Waals surface area contributed by atoms with E-state index in [2.05, 4.69) is 4.52 Å². The molecule has 2 aromatic rings. The van der Waals surface area contributed by atoms with Crippen molar-refractivity contribution in [3.05, 3.63) is 54.6 Å². The molecule has 0 heterocycles. The fraction of sp³-hybridized carbons (Fsp3) is 0.143. The lowest BCUT2D eigenvalue weighted by molar-refractivity contribution is 0.240. The van der Waals surface area contributed by atoms with Gasteiger partial charge in [0.15, 0.2) is 0 Å². The summed E-state index contributed by atoms with van der Waals surface area (Å²) in [7, 11) is -2.30. The zero-order valence-corrected chi connectivity index (χ0v) is 12.4. The van der Waals surface area contributed by atoms with Gasteiger partial charge in [0, 0.05) is 0 Å². The van der Waals surface area contributed by atoms with E-state index in [-0.39, 0.29) is 13.2 Å². The summed E-state index contributed by atoms with van der Waals surface area (Å²) < 4.78 is 31.6. The molecule has 4 nitrogen and oxygen atoms in total. The fourth-order valence-corrected chi connectivity index (χ4v) is 2.61. The van der Waals surface area contributed by atoms with E-state index in [1.54, 1.807) is 12.1 Å². The maximum Gasteiger partial charge on any atom is 0.548 e. The largest absolute Gasteiger partial charge is 0.548 e. The molecule has 0 saturated carbocycles. The molecule has 0 saturated heterocycles. The molecule has 0 aliphatic carbocycles. The first-order chi connectivity index (χ1) is 9.81. The Morgan fingerprint density at radius 1 is 0.900 bits per heavy atom. The van der Waals surface area contributed by atoms with E-state index in [0.717, 1.165) is 11.1 Å². The van der Waals surface area contributed by atoms with E-state index in [9.17, 15) is 9.13 Å². The van der Waals surface area contributed by atoms with Gasteiger partial charge >= 0.3 is 16.7 Å². The molecule has 2 rings (SSSR count). The molecule has 0 aromatic heterocycles. The predicted molar refractivity (Wildman–Crippen MR) is 78.6 cm³/mol. The number of rotatable bonds is 7. The molecular formula is C14H13O4P2+. The molecule has 102 valence electrons. The van der Waals surface area contributed by atoms with Crippen molar-refractivity contribution in [2.45, 2.75) is 0 Å². The van der Waals surface area contributed by atoms with Crippen molar-refractivity contribution in [2.24, 2.45) is 0 Å². The van der Waals surface area contributed by atoms with Gasteiger partial charge in [-0.05, 0) is 40.0 Å².